The van der Waals surface area contributed by atoms with Gasteiger partial charge in [-0.1, -0.05) is 20.3 Å². The number of alkyl halides is 1. The highest BCUT2D eigenvalue weighted by molar-refractivity contribution is 7.17. The Morgan fingerprint density at radius 3 is 2.57 bits per heavy atom. The molecule has 0 radical (unpaired) electrons. The van der Waals surface area contributed by atoms with Gasteiger partial charge in [0.25, 0.3) is 0 Å². The van der Waals surface area contributed by atoms with Gasteiger partial charge < -0.3 is 0 Å². The van der Waals surface area contributed by atoms with Crippen LogP contribution in [0.3, 0.4) is 0 Å². The fraction of sp³-hybridized carbons (Fsp3) is 1.00. The molecule has 0 nitrogen and oxygen atoms in total. The SMILES string of the molecule is CC1CCC2CC(C)C(P)C(F)C2C1. The number of rotatable bonds is 0. The lowest BCUT2D eigenvalue weighted by atomic mass is 9.64. The van der Waals surface area contributed by atoms with Gasteiger partial charge in [0.05, 0.1) is 0 Å². The van der Waals surface area contributed by atoms with Gasteiger partial charge in [0.15, 0.2) is 0 Å². The summed E-state index contributed by atoms with van der Waals surface area (Å²) in [7, 11) is 2.73. The van der Waals surface area contributed by atoms with Gasteiger partial charge in [-0.15, -0.1) is 9.24 Å². The molecule has 14 heavy (non-hydrogen) atoms. The van der Waals surface area contributed by atoms with Gasteiger partial charge >= 0.3 is 0 Å². The van der Waals surface area contributed by atoms with E-state index in [0.29, 0.717) is 17.8 Å². The number of fused-ring (bicyclic) bond motifs is 1. The van der Waals surface area contributed by atoms with E-state index in [9.17, 15) is 4.39 Å². The maximum Gasteiger partial charge on any atom is 0.110 e. The van der Waals surface area contributed by atoms with Crippen LogP contribution < -0.4 is 0 Å². The summed E-state index contributed by atoms with van der Waals surface area (Å²) in [5.74, 6) is 2.37. The molecule has 0 aromatic heterocycles. The third-order valence-electron chi connectivity index (χ3n) is 4.42. The van der Waals surface area contributed by atoms with Crippen LogP contribution in [0.1, 0.15) is 39.5 Å². The van der Waals surface area contributed by atoms with Gasteiger partial charge in [0, 0.05) is 5.66 Å². The van der Waals surface area contributed by atoms with E-state index in [1.165, 1.54) is 19.3 Å². The van der Waals surface area contributed by atoms with Gasteiger partial charge in [0.2, 0.25) is 0 Å². The van der Waals surface area contributed by atoms with Crippen LogP contribution >= 0.6 is 9.24 Å². The Bertz CT molecular complexity index is 204. The van der Waals surface area contributed by atoms with E-state index < -0.39 is 6.17 Å². The molecule has 0 saturated heterocycles. The molecule has 0 heterocycles. The molecule has 82 valence electrons. The third kappa shape index (κ3) is 1.85. The summed E-state index contributed by atoms with van der Waals surface area (Å²) in [4.78, 5) is 0. The second-order valence-electron chi connectivity index (χ2n) is 5.58. The fourth-order valence-corrected chi connectivity index (χ4v) is 3.85. The van der Waals surface area contributed by atoms with Gasteiger partial charge in [-0.05, 0) is 42.9 Å². The molecule has 2 fully saturated rings. The van der Waals surface area contributed by atoms with Gasteiger partial charge in [-0.3, -0.25) is 0 Å². The highest BCUT2D eigenvalue weighted by Crippen LogP contribution is 2.47. The summed E-state index contributed by atoms with van der Waals surface area (Å²) in [6.07, 6.45) is 4.42. The predicted molar refractivity (Wildman–Crippen MR) is 62.2 cm³/mol. The van der Waals surface area contributed by atoms with Crippen LogP contribution in [0.5, 0.6) is 0 Å². The summed E-state index contributed by atoms with van der Waals surface area (Å²) in [5, 5.41) is 0. The van der Waals surface area contributed by atoms with Crippen molar-refractivity contribution >= 4 is 9.24 Å². The Hall–Kier alpha value is 0.360. The molecular weight excluding hydrogens is 194 g/mol. The quantitative estimate of drug-likeness (QED) is 0.542. The van der Waals surface area contributed by atoms with E-state index in [1.54, 1.807) is 0 Å². The maximum atomic E-state index is 14.1. The zero-order valence-electron chi connectivity index (χ0n) is 9.25. The van der Waals surface area contributed by atoms with E-state index in [0.717, 1.165) is 12.3 Å². The van der Waals surface area contributed by atoms with Crippen LogP contribution in [-0.2, 0) is 0 Å². The average Bonchev–Trinajstić information content (AvgIpc) is 2.16. The molecule has 2 rings (SSSR count). The molecule has 0 N–H and O–H groups in total. The molecule has 2 aliphatic rings. The van der Waals surface area contributed by atoms with Crippen molar-refractivity contribution < 1.29 is 4.39 Å². The molecule has 0 bridgehead atoms. The van der Waals surface area contributed by atoms with Crippen molar-refractivity contribution in [1.82, 2.24) is 0 Å². The first-order valence-electron chi connectivity index (χ1n) is 5.99. The first-order valence-corrected chi connectivity index (χ1v) is 6.66. The Labute approximate surface area is 89.2 Å². The summed E-state index contributed by atoms with van der Waals surface area (Å²) >= 11 is 0. The van der Waals surface area contributed by atoms with Crippen LogP contribution in [0.2, 0.25) is 0 Å². The highest BCUT2D eigenvalue weighted by Gasteiger charge is 2.43. The summed E-state index contributed by atoms with van der Waals surface area (Å²) in [6.45, 7) is 4.48. The normalized spacial score (nSPS) is 54.0. The molecule has 0 amide bonds. The molecule has 2 aliphatic carbocycles. The Balaban J connectivity index is 2.08. The molecule has 7 atom stereocenters. The fourth-order valence-electron chi connectivity index (χ4n) is 3.40. The van der Waals surface area contributed by atoms with Crippen molar-refractivity contribution in [3.63, 3.8) is 0 Å². The first kappa shape index (κ1) is 10.9. The second kappa shape index (κ2) is 4.08. The number of halogens is 1. The monoisotopic (exact) mass is 216 g/mol. The van der Waals surface area contributed by atoms with Crippen molar-refractivity contribution in [2.75, 3.05) is 0 Å². The first-order chi connectivity index (χ1) is 6.59. The van der Waals surface area contributed by atoms with Crippen LogP contribution in [0.15, 0.2) is 0 Å². The molecule has 0 aromatic carbocycles. The van der Waals surface area contributed by atoms with Gasteiger partial charge in [-0.2, -0.15) is 0 Å². The molecule has 0 aliphatic heterocycles. The summed E-state index contributed by atoms with van der Waals surface area (Å²) in [6, 6.07) is 0. The largest absolute Gasteiger partial charge is 0.246 e. The zero-order valence-corrected chi connectivity index (χ0v) is 10.4. The Morgan fingerprint density at radius 2 is 1.86 bits per heavy atom. The molecule has 0 spiro atoms. The van der Waals surface area contributed by atoms with Crippen LogP contribution in [0, 0.1) is 23.7 Å². The zero-order chi connectivity index (χ0) is 10.3. The minimum absolute atomic E-state index is 0.210. The van der Waals surface area contributed by atoms with Crippen molar-refractivity contribution in [2.45, 2.75) is 51.4 Å². The minimum atomic E-state index is -0.559. The lowest BCUT2D eigenvalue weighted by molar-refractivity contribution is 0.0342. The summed E-state index contributed by atoms with van der Waals surface area (Å²) in [5.41, 5.74) is 0.210. The average molecular weight is 216 g/mol. The van der Waals surface area contributed by atoms with Crippen molar-refractivity contribution in [2.24, 2.45) is 23.7 Å². The van der Waals surface area contributed by atoms with E-state index in [2.05, 4.69) is 23.1 Å². The van der Waals surface area contributed by atoms with Crippen LogP contribution in [0.25, 0.3) is 0 Å². The van der Waals surface area contributed by atoms with Crippen molar-refractivity contribution in [3.05, 3.63) is 0 Å². The number of hydrogen-bond donors (Lipinski definition) is 0. The third-order valence-corrected chi connectivity index (χ3v) is 5.44. The van der Waals surface area contributed by atoms with Crippen LogP contribution in [-0.4, -0.2) is 11.8 Å². The van der Waals surface area contributed by atoms with E-state index in [4.69, 9.17) is 0 Å². The lowest BCUT2D eigenvalue weighted by Gasteiger charge is -2.45. The van der Waals surface area contributed by atoms with Crippen molar-refractivity contribution in [3.8, 4) is 0 Å². The lowest BCUT2D eigenvalue weighted by Crippen LogP contribution is -2.44. The molecule has 2 heteroatoms. The minimum Gasteiger partial charge on any atom is -0.246 e. The van der Waals surface area contributed by atoms with Gasteiger partial charge in [-0.25, -0.2) is 4.39 Å². The van der Waals surface area contributed by atoms with E-state index in [-0.39, 0.29) is 5.66 Å². The smallest absolute Gasteiger partial charge is 0.110 e. The summed E-state index contributed by atoms with van der Waals surface area (Å²) < 4.78 is 14.1. The Morgan fingerprint density at radius 1 is 1.14 bits per heavy atom. The molecule has 0 aromatic rings. The molecule has 7 unspecified atom stereocenters. The molecular formula is C12H22FP. The molecule has 2 saturated carbocycles. The van der Waals surface area contributed by atoms with Crippen molar-refractivity contribution in [1.29, 1.82) is 0 Å². The number of hydrogen-bond acceptors (Lipinski definition) is 0. The predicted octanol–water partition coefficient (Wildman–Crippen LogP) is 3.66. The highest BCUT2D eigenvalue weighted by atomic mass is 31.0. The standard InChI is InChI=1S/C12H22FP/c1-7-3-4-9-6-8(2)12(14)11(13)10(9)5-7/h7-12H,3-6,14H2,1-2H3. The maximum absolute atomic E-state index is 14.1. The Kier molecular flexibility index (Phi) is 3.17. The van der Waals surface area contributed by atoms with E-state index in [1.807, 2.05) is 0 Å². The van der Waals surface area contributed by atoms with E-state index >= 15 is 0 Å². The van der Waals surface area contributed by atoms with Gasteiger partial charge in [0.1, 0.15) is 6.17 Å². The second-order valence-corrected chi connectivity index (χ2v) is 6.35. The topological polar surface area (TPSA) is 0 Å². The van der Waals surface area contributed by atoms with Crippen LogP contribution in [0.4, 0.5) is 4.39 Å².